The molecular formula is C14H12F2N2O2. The van der Waals surface area contributed by atoms with E-state index in [0.29, 0.717) is 5.69 Å². The molecule has 0 atom stereocenters. The monoisotopic (exact) mass is 278 g/mol. The number of carbonyl (C=O) groups is 1. The van der Waals surface area contributed by atoms with E-state index in [9.17, 15) is 13.6 Å². The Balaban J connectivity index is 1.92. The van der Waals surface area contributed by atoms with Gasteiger partial charge < -0.3 is 15.8 Å². The highest BCUT2D eigenvalue weighted by Gasteiger charge is 2.08. The van der Waals surface area contributed by atoms with E-state index in [-0.39, 0.29) is 11.4 Å². The molecule has 2 rings (SSSR count). The smallest absolute Gasteiger partial charge is 0.262 e. The van der Waals surface area contributed by atoms with Crippen molar-refractivity contribution < 1.29 is 18.3 Å². The van der Waals surface area contributed by atoms with E-state index in [4.69, 9.17) is 10.5 Å². The van der Waals surface area contributed by atoms with Crippen LogP contribution in [0.1, 0.15) is 0 Å². The molecule has 0 heterocycles. The summed E-state index contributed by atoms with van der Waals surface area (Å²) in [6, 6.07) is 9.32. The average Bonchev–Trinajstić information content (AvgIpc) is 2.37. The number of hydrogen-bond donors (Lipinski definition) is 2. The molecule has 0 fully saturated rings. The first-order chi connectivity index (χ1) is 9.54. The molecule has 2 aromatic rings. The molecule has 0 radical (unpaired) electrons. The largest absolute Gasteiger partial charge is 0.481 e. The number of benzene rings is 2. The highest BCUT2D eigenvalue weighted by Crippen LogP contribution is 2.19. The molecule has 0 bridgehead atoms. The van der Waals surface area contributed by atoms with Crippen molar-refractivity contribution in [1.29, 1.82) is 0 Å². The summed E-state index contributed by atoms with van der Waals surface area (Å²) in [5.41, 5.74) is 5.95. The van der Waals surface area contributed by atoms with Gasteiger partial charge in [-0.25, -0.2) is 8.78 Å². The first-order valence-electron chi connectivity index (χ1n) is 5.78. The summed E-state index contributed by atoms with van der Waals surface area (Å²) in [5.74, 6) is -1.71. The maximum atomic E-state index is 13.4. The summed E-state index contributed by atoms with van der Waals surface area (Å²) < 4.78 is 31.3. The summed E-state index contributed by atoms with van der Waals surface area (Å²) in [4.78, 5) is 11.6. The Kier molecular flexibility index (Phi) is 4.14. The molecule has 0 aliphatic carbocycles. The van der Waals surface area contributed by atoms with Crippen molar-refractivity contribution in [2.24, 2.45) is 0 Å². The fourth-order valence-corrected chi connectivity index (χ4v) is 1.54. The van der Waals surface area contributed by atoms with Crippen molar-refractivity contribution in [3.63, 3.8) is 0 Å². The molecule has 0 spiro atoms. The molecule has 2 aromatic carbocycles. The van der Waals surface area contributed by atoms with Crippen LogP contribution in [0.25, 0.3) is 0 Å². The number of rotatable bonds is 4. The number of halogens is 2. The molecule has 0 aliphatic rings. The summed E-state index contributed by atoms with van der Waals surface area (Å²) in [6.45, 7) is -0.392. The first-order valence-corrected chi connectivity index (χ1v) is 5.78. The van der Waals surface area contributed by atoms with Crippen LogP contribution in [-0.2, 0) is 4.79 Å². The lowest BCUT2D eigenvalue weighted by Gasteiger charge is -2.08. The summed E-state index contributed by atoms with van der Waals surface area (Å²) in [5, 5.41) is 2.43. The second-order valence-electron chi connectivity index (χ2n) is 4.04. The molecule has 3 N–H and O–H groups in total. The van der Waals surface area contributed by atoms with Crippen LogP contribution in [-0.4, -0.2) is 12.5 Å². The first kappa shape index (κ1) is 13.8. The van der Waals surface area contributed by atoms with Gasteiger partial charge in [0.1, 0.15) is 5.82 Å². The normalized spacial score (nSPS) is 10.1. The van der Waals surface area contributed by atoms with Gasteiger partial charge in [-0.2, -0.15) is 0 Å². The van der Waals surface area contributed by atoms with Crippen LogP contribution in [0.15, 0.2) is 42.5 Å². The molecule has 0 aromatic heterocycles. The van der Waals surface area contributed by atoms with E-state index >= 15 is 0 Å². The van der Waals surface area contributed by atoms with Crippen molar-refractivity contribution in [2.45, 2.75) is 0 Å². The molecule has 0 saturated heterocycles. The molecule has 0 unspecified atom stereocenters. The third-order valence-corrected chi connectivity index (χ3v) is 2.42. The van der Waals surface area contributed by atoms with Crippen LogP contribution < -0.4 is 15.8 Å². The number of nitrogens with one attached hydrogen (secondary N) is 1. The molecule has 0 saturated carbocycles. The summed E-state index contributed by atoms with van der Waals surface area (Å²) in [6.07, 6.45) is 0. The Morgan fingerprint density at radius 2 is 2.00 bits per heavy atom. The fourth-order valence-electron chi connectivity index (χ4n) is 1.54. The van der Waals surface area contributed by atoms with E-state index in [0.717, 1.165) is 6.07 Å². The number of anilines is 2. The second-order valence-corrected chi connectivity index (χ2v) is 4.04. The third-order valence-electron chi connectivity index (χ3n) is 2.42. The van der Waals surface area contributed by atoms with Gasteiger partial charge in [0.2, 0.25) is 0 Å². The predicted molar refractivity (Wildman–Crippen MR) is 71.3 cm³/mol. The van der Waals surface area contributed by atoms with Gasteiger partial charge >= 0.3 is 0 Å². The fraction of sp³-hybridized carbons (Fsp3) is 0.0714. The van der Waals surface area contributed by atoms with Gasteiger partial charge in [-0.15, -0.1) is 0 Å². The molecule has 1 amide bonds. The van der Waals surface area contributed by atoms with Crippen LogP contribution >= 0.6 is 0 Å². The summed E-state index contributed by atoms with van der Waals surface area (Å²) in [7, 11) is 0. The van der Waals surface area contributed by atoms with Gasteiger partial charge in [0.05, 0.1) is 0 Å². The molecule has 104 valence electrons. The third kappa shape index (κ3) is 3.68. The molecular weight excluding hydrogens is 266 g/mol. The van der Waals surface area contributed by atoms with E-state index in [1.807, 2.05) is 0 Å². The van der Waals surface area contributed by atoms with Gasteiger partial charge in [-0.1, -0.05) is 6.07 Å². The van der Waals surface area contributed by atoms with E-state index in [2.05, 4.69) is 5.32 Å². The Bertz CT molecular complexity index is 632. The number of nitrogen functional groups attached to an aromatic ring is 1. The Labute approximate surface area is 114 Å². The average molecular weight is 278 g/mol. The zero-order valence-corrected chi connectivity index (χ0v) is 10.4. The zero-order valence-electron chi connectivity index (χ0n) is 10.4. The maximum Gasteiger partial charge on any atom is 0.262 e. The van der Waals surface area contributed by atoms with Crippen LogP contribution in [0.3, 0.4) is 0 Å². The van der Waals surface area contributed by atoms with Crippen molar-refractivity contribution in [3.8, 4) is 5.75 Å². The number of amides is 1. The predicted octanol–water partition coefficient (Wildman–Crippen LogP) is 2.56. The van der Waals surface area contributed by atoms with Crippen molar-refractivity contribution in [3.05, 3.63) is 54.1 Å². The van der Waals surface area contributed by atoms with E-state index in [1.165, 1.54) is 36.4 Å². The molecule has 0 aliphatic heterocycles. The molecule has 6 heteroatoms. The van der Waals surface area contributed by atoms with Gasteiger partial charge in [0, 0.05) is 17.4 Å². The van der Waals surface area contributed by atoms with Crippen molar-refractivity contribution in [1.82, 2.24) is 0 Å². The number of carbonyl (C=O) groups excluding carboxylic acids is 1. The highest BCUT2D eigenvalue weighted by molar-refractivity contribution is 5.91. The second kappa shape index (κ2) is 6.01. The van der Waals surface area contributed by atoms with Crippen molar-refractivity contribution >= 4 is 17.3 Å². The maximum absolute atomic E-state index is 13.4. The molecule has 20 heavy (non-hydrogen) atoms. The molecule has 4 nitrogen and oxygen atoms in total. The quantitative estimate of drug-likeness (QED) is 0.845. The topological polar surface area (TPSA) is 64.3 Å². The van der Waals surface area contributed by atoms with E-state index in [1.54, 1.807) is 0 Å². The standard InChI is InChI=1S/C14H12F2N2O2/c15-9-2-1-3-11(6-9)18-14(19)8-20-13-5-4-10(17)7-12(13)16/h1-7H,8,17H2,(H,18,19). The zero-order chi connectivity index (χ0) is 14.5. The minimum absolute atomic E-state index is 0.0754. The highest BCUT2D eigenvalue weighted by atomic mass is 19.1. The lowest BCUT2D eigenvalue weighted by atomic mass is 10.3. The van der Waals surface area contributed by atoms with E-state index < -0.39 is 24.1 Å². The Morgan fingerprint density at radius 1 is 1.20 bits per heavy atom. The minimum atomic E-state index is -0.649. The Hall–Kier alpha value is -2.63. The van der Waals surface area contributed by atoms with Gasteiger partial charge in [-0.05, 0) is 30.3 Å². The minimum Gasteiger partial charge on any atom is -0.481 e. The SMILES string of the molecule is Nc1ccc(OCC(=O)Nc2cccc(F)c2)c(F)c1. The van der Waals surface area contributed by atoms with Gasteiger partial charge in [0.25, 0.3) is 5.91 Å². The number of nitrogens with two attached hydrogens (primary N) is 1. The van der Waals surface area contributed by atoms with Gasteiger partial charge in [-0.3, -0.25) is 4.79 Å². The lowest BCUT2D eigenvalue weighted by molar-refractivity contribution is -0.118. The number of ether oxygens (including phenoxy) is 1. The van der Waals surface area contributed by atoms with Crippen LogP contribution in [0.2, 0.25) is 0 Å². The van der Waals surface area contributed by atoms with Crippen molar-refractivity contribution in [2.75, 3.05) is 17.7 Å². The summed E-state index contributed by atoms with van der Waals surface area (Å²) >= 11 is 0. The van der Waals surface area contributed by atoms with Crippen LogP contribution in [0.4, 0.5) is 20.2 Å². The Morgan fingerprint density at radius 3 is 2.70 bits per heavy atom. The van der Waals surface area contributed by atoms with Gasteiger partial charge in [0.15, 0.2) is 18.2 Å². The van der Waals surface area contributed by atoms with Crippen LogP contribution in [0, 0.1) is 11.6 Å². The number of hydrogen-bond acceptors (Lipinski definition) is 3. The van der Waals surface area contributed by atoms with Crippen LogP contribution in [0.5, 0.6) is 5.75 Å². The lowest BCUT2D eigenvalue weighted by Crippen LogP contribution is -2.20.